The van der Waals surface area contributed by atoms with Gasteiger partial charge in [-0.05, 0) is 37.6 Å². The third-order valence-corrected chi connectivity index (χ3v) is 4.22. The maximum Gasteiger partial charge on any atom is 0.243 e. The molecule has 26 heavy (non-hydrogen) atoms. The van der Waals surface area contributed by atoms with Gasteiger partial charge in [-0.25, -0.2) is 0 Å². The predicted octanol–water partition coefficient (Wildman–Crippen LogP) is 1.74. The van der Waals surface area contributed by atoms with E-state index in [0.717, 1.165) is 37.7 Å². The van der Waals surface area contributed by atoms with Crippen molar-refractivity contribution in [1.29, 1.82) is 0 Å². The van der Waals surface area contributed by atoms with E-state index in [9.17, 15) is 9.59 Å². The first kappa shape index (κ1) is 20.2. The molecule has 2 rings (SSSR count). The van der Waals surface area contributed by atoms with Crippen LogP contribution in [0, 0.1) is 0 Å². The van der Waals surface area contributed by atoms with Gasteiger partial charge in [-0.1, -0.05) is 0 Å². The van der Waals surface area contributed by atoms with Crippen LogP contribution >= 0.6 is 0 Å². The molecule has 7 nitrogen and oxygen atoms in total. The number of likely N-dealkylation sites (N-methyl/N-ethyl adjacent to an activating group) is 1. The van der Waals surface area contributed by atoms with Crippen LogP contribution in [0.1, 0.15) is 19.8 Å². The molecule has 1 heterocycles. The van der Waals surface area contributed by atoms with Crippen LogP contribution in [0.5, 0.6) is 0 Å². The Hall–Kier alpha value is -2.12. The van der Waals surface area contributed by atoms with E-state index in [1.165, 1.54) is 4.90 Å². The molecule has 7 heteroatoms. The van der Waals surface area contributed by atoms with E-state index in [1.807, 2.05) is 31.2 Å². The standard InChI is InChI=1S/C19H29N3O4/c1-3-25-12-4-5-19(24)21(2)15-18(23)20-16-6-8-17(9-7-16)22-10-13-26-14-11-22/h6-9H,3-5,10-15H2,1-2H3,(H,20,23). The van der Waals surface area contributed by atoms with Gasteiger partial charge in [0.2, 0.25) is 11.8 Å². The van der Waals surface area contributed by atoms with Gasteiger partial charge in [0, 0.05) is 51.1 Å². The number of hydrogen-bond acceptors (Lipinski definition) is 5. The Morgan fingerprint density at radius 3 is 2.58 bits per heavy atom. The number of morpholine rings is 1. The van der Waals surface area contributed by atoms with E-state index in [2.05, 4.69) is 10.2 Å². The monoisotopic (exact) mass is 363 g/mol. The highest BCUT2D eigenvalue weighted by Crippen LogP contribution is 2.19. The zero-order valence-electron chi connectivity index (χ0n) is 15.7. The third-order valence-electron chi connectivity index (χ3n) is 4.22. The van der Waals surface area contributed by atoms with Gasteiger partial charge >= 0.3 is 0 Å². The Labute approximate surface area is 155 Å². The summed E-state index contributed by atoms with van der Waals surface area (Å²) < 4.78 is 10.6. The third kappa shape index (κ3) is 6.65. The molecule has 1 aliphatic heterocycles. The van der Waals surface area contributed by atoms with Crippen molar-refractivity contribution in [3.05, 3.63) is 24.3 Å². The molecule has 0 bridgehead atoms. The summed E-state index contributed by atoms with van der Waals surface area (Å²) >= 11 is 0. The van der Waals surface area contributed by atoms with Crippen LogP contribution in [0.4, 0.5) is 11.4 Å². The van der Waals surface area contributed by atoms with Crippen molar-refractivity contribution in [1.82, 2.24) is 4.90 Å². The maximum absolute atomic E-state index is 12.1. The number of carbonyl (C=O) groups excluding carboxylic acids is 2. The number of amides is 2. The van der Waals surface area contributed by atoms with Gasteiger partial charge in [-0.3, -0.25) is 9.59 Å². The molecule has 2 amide bonds. The van der Waals surface area contributed by atoms with Gasteiger partial charge in [0.15, 0.2) is 0 Å². The minimum absolute atomic E-state index is 0.0404. The van der Waals surface area contributed by atoms with E-state index in [0.29, 0.717) is 26.1 Å². The highest BCUT2D eigenvalue weighted by molar-refractivity contribution is 5.94. The zero-order chi connectivity index (χ0) is 18.8. The molecule has 1 fully saturated rings. The molecule has 144 valence electrons. The minimum Gasteiger partial charge on any atom is -0.382 e. The molecular weight excluding hydrogens is 334 g/mol. The molecule has 0 saturated carbocycles. The van der Waals surface area contributed by atoms with Crippen molar-refractivity contribution in [2.45, 2.75) is 19.8 Å². The number of anilines is 2. The van der Waals surface area contributed by atoms with Crippen molar-refractivity contribution in [3.63, 3.8) is 0 Å². The Morgan fingerprint density at radius 2 is 1.92 bits per heavy atom. The van der Waals surface area contributed by atoms with Crippen LogP contribution in [-0.2, 0) is 19.1 Å². The molecule has 1 aliphatic rings. The van der Waals surface area contributed by atoms with Crippen molar-refractivity contribution in [3.8, 4) is 0 Å². The molecule has 1 saturated heterocycles. The van der Waals surface area contributed by atoms with E-state index in [-0.39, 0.29) is 18.4 Å². The summed E-state index contributed by atoms with van der Waals surface area (Å²) in [6, 6.07) is 7.74. The SMILES string of the molecule is CCOCCCC(=O)N(C)CC(=O)Nc1ccc(N2CCOCC2)cc1. The molecule has 0 aliphatic carbocycles. The van der Waals surface area contributed by atoms with E-state index < -0.39 is 0 Å². The molecule has 0 atom stereocenters. The highest BCUT2D eigenvalue weighted by atomic mass is 16.5. The molecule has 0 aromatic heterocycles. The van der Waals surface area contributed by atoms with Gasteiger partial charge in [0.1, 0.15) is 0 Å². The second kappa shape index (κ2) is 10.8. The number of ether oxygens (including phenoxy) is 2. The van der Waals surface area contributed by atoms with Gasteiger partial charge in [-0.2, -0.15) is 0 Å². The van der Waals surface area contributed by atoms with Crippen molar-refractivity contribution in [2.24, 2.45) is 0 Å². The number of hydrogen-bond donors (Lipinski definition) is 1. The zero-order valence-corrected chi connectivity index (χ0v) is 15.7. The van der Waals surface area contributed by atoms with E-state index in [4.69, 9.17) is 9.47 Å². The highest BCUT2D eigenvalue weighted by Gasteiger charge is 2.14. The molecule has 0 radical (unpaired) electrons. The predicted molar refractivity (Wildman–Crippen MR) is 101 cm³/mol. The van der Waals surface area contributed by atoms with Crippen LogP contribution in [0.3, 0.4) is 0 Å². The summed E-state index contributed by atoms with van der Waals surface area (Å²) in [5.41, 5.74) is 1.84. The summed E-state index contributed by atoms with van der Waals surface area (Å²) in [5, 5.41) is 2.83. The van der Waals surface area contributed by atoms with Gasteiger partial charge in [0.25, 0.3) is 0 Å². The molecule has 0 unspecified atom stereocenters. The molecule has 0 spiro atoms. The molecule has 1 N–H and O–H groups in total. The largest absolute Gasteiger partial charge is 0.382 e. The summed E-state index contributed by atoms with van der Waals surface area (Å²) in [5.74, 6) is -0.257. The summed E-state index contributed by atoms with van der Waals surface area (Å²) in [7, 11) is 1.64. The van der Waals surface area contributed by atoms with Crippen LogP contribution in [-0.4, -0.2) is 69.8 Å². The number of nitrogens with one attached hydrogen (secondary N) is 1. The second-order valence-electron chi connectivity index (χ2n) is 6.24. The fourth-order valence-corrected chi connectivity index (χ4v) is 2.74. The normalized spacial score (nSPS) is 14.2. The summed E-state index contributed by atoms with van der Waals surface area (Å²) in [4.78, 5) is 27.8. The van der Waals surface area contributed by atoms with Crippen molar-refractivity contribution in [2.75, 3.05) is 63.3 Å². The van der Waals surface area contributed by atoms with Gasteiger partial charge in [0.05, 0.1) is 19.8 Å². The van der Waals surface area contributed by atoms with Crippen LogP contribution in [0.15, 0.2) is 24.3 Å². The Bertz CT molecular complexity index is 571. The first-order valence-electron chi connectivity index (χ1n) is 9.14. The number of nitrogens with zero attached hydrogens (tertiary/aromatic N) is 2. The quantitative estimate of drug-likeness (QED) is 0.677. The van der Waals surface area contributed by atoms with Crippen LogP contribution in [0.2, 0.25) is 0 Å². The van der Waals surface area contributed by atoms with Crippen LogP contribution < -0.4 is 10.2 Å². The topological polar surface area (TPSA) is 71.1 Å². The van der Waals surface area contributed by atoms with Crippen LogP contribution in [0.25, 0.3) is 0 Å². The average molecular weight is 363 g/mol. The first-order chi connectivity index (χ1) is 12.6. The first-order valence-corrected chi connectivity index (χ1v) is 9.14. The van der Waals surface area contributed by atoms with Crippen molar-refractivity contribution < 1.29 is 19.1 Å². The summed E-state index contributed by atoms with van der Waals surface area (Å²) in [6.07, 6.45) is 1.06. The summed E-state index contributed by atoms with van der Waals surface area (Å²) in [6.45, 7) is 6.41. The smallest absolute Gasteiger partial charge is 0.243 e. The number of carbonyl (C=O) groups is 2. The van der Waals surface area contributed by atoms with Gasteiger partial charge < -0.3 is 24.6 Å². The molecule has 1 aromatic carbocycles. The van der Waals surface area contributed by atoms with E-state index >= 15 is 0 Å². The average Bonchev–Trinajstić information content (AvgIpc) is 2.66. The maximum atomic E-state index is 12.1. The fraction of sp³-hybridized carbons (Fsp3) is 0.579. The Morgan fingerprint density at radius 1 is 1.23 bits per heavy atom. The fourth-order valence-electron chi connectivity index (χ4n) is 2.74. The van der Waals surface area contributed by atoms with Crippen molar-refractivity contribution >= 4 is 23.2 Å². The second-order valence-corrected chi connectivity index (χ2v) is 6.24. The lowest BCUT2D eigenvalue weighted by atomic mass is 10.2. The van der Waals surface area contributed by atoms with E-state index in [1.54, 1.807) is 7.05 Å². The lowest BCUT2D eigenvalue weighted by Crippen LogP contribution is -2.36. The lowest BCUT2D eigenvalue weighted by molar-refractivity contribution is -0.133. The number of rotatable bonds is 9. The molecular formula is C19H29N3O4. The number of benzene rings is 1. The Balaban J connectivity index is 1.75. The Kier molecular flexibility index (Phi) is 8.37. The lowest BCUT2D eigenvalue weighted by Gasteiger charge is -2.28. The molecule has 1 aromatic rings. The minimum atomic E-state index is -0.204. The van der Waals surface area contributed by atoms with Gasteiger partial charge in [-0.15, -0.1) is 0 Å².